The number of hydrogen-bond acceptors (Lipinski definition) is 3. The molecule has 2 N–H and O–H groups in total. The summed E-state index contributed by atoms with van der Waals surface area (Å²) in [5.41, 5.74) is 0.337. The number of carbonyl (C=O) groups is 2. The number of nitrogens with one attached hydrogen (secondary N) is 2. The van der Waals surface area contributed by atoms with Gasteiger partial charge in [0.2, 0.25) is 5.91 Å². The molecule has 0 aromatic heterocycles. The first-order valence-corrected chi connectivity index (χ1v) is 9.87. The van der Waals surface area contributed by atoms with Crippen molar-refractivity contribution in [2.45, 2.75) is 51.7 Å². The molecule has 0 radical (unpaired) electrons. The summed E-state index contributed by atoms with van der Waals surface area (Å²) >= 11 is 0. The fourth-order valence-corrected chi connectivity index (χ4v) is 3.32. The number of likely N-dealkylation sites (tertiary alicyclic amines) is 1. The lowest BCUT2D eigenvalue weighted by Crippen LogP contribution is -2.48. The molecule has 0 unspecified atom stereocenters. The van der Waals surface area contributed by atoms with Gasteiger partial charge < -0.3 is 20.3 Å². The Labute approximate surface area is 168 Å². The highest BCUT2D eigenvalue weighted by Gasteiger charge is 2.29. The highest BCUT2D eigenvalue weighted by atomic mass is 19.4. The fraction of sp³-hybridized carbons (Fsp3) is 0.600. The number of carbonyl (C=O) groups excluding carboxylic acids is 2. The molecule has 1 aliphatic rings. The summed E-state index contributed by atoms with van der Waals surface area (Å²) in [7, 11) is 0. The molecule has 1 saturated heterocycles. The zero-order chi connectivity index (χ0) is 21.4. The molecule has 0 aliphatic carbocycles. The number of nitrogens with zero attached hydrogens (tertiary/aromatic N) is 1. The summed E-state index contributed by atoms with van der Waals surface area (Å²) < 4.78 is 41.4. The van der Waals surface area contributed by atoms with Crippen LogP contribution < -0.4 is 15.4 Å². The lowest BCUT2D eigenvalue weighted by Gasteiger charge is -2.34. The molecule has 6 nitrogen and oxygen atoms in total. The van der Waals surface area contributed by atoms with Crippen LogP contribution in [0.5, 0.6) is 5.75 Å². The molecule has 1 aromatic carbocycles. The minimum Gasteiger partial charge on any atom is -0.484 e. The number of urea groups is 1. The molecular weight excluding hydrogens is 387 g/mol. The van der Waals surface area contributed by atoms with E-state index < -0.39 is 18.8 Å². The third kappa shape index (κ3) is 7.47. The Hall–Kier alpha value is -2.45. The van der Waals surface area contributed by atoms with Crippen molar-refractivity contribution in [1.29, 1.82) is 0 Å². The summed E-state index contributed by atoms with van der Waals surface area (Å²) in [4.78, 5) is 26.5. The number of benzene rings is 1. The zero-order valence-corrected chi connectivity index (χ0v) is 16.7. The second-order valence-electron chi connectivity index (χ2n) is 7.14. The molecule has 29 heavy (non-hydrogen) atoms. The first kappa shape index (κ1) is 22.8. The number of amides is 3. The second kappa shape index (κ2) is 10.4. The van der Waals surface area contributed by atoms with Crippen molar-refractivity contribution < 1.29 is 27.5 Å². The summed E-state index contributed by atoms with van der Waals surface area (Å²) in [5, 5.41) is 5.46. The predicted molar refractivity (Wildman–Crippen MR) is 104 cm³/mol. The van der Waals surface area contributed by atoms with Crippen molar-refractivity contribution in [2.75, 3.05) is 25.0 Å². The monoisotopic (exact) mass is 415 g/mol. The third-order valence-corrected chi connectivity index (χ3v) is 4.97. The fourth-order valence-electron chi connectivity index (χ4n) is 3.32. The van der Waals surface area contributed by atoms with Crippen molar-refractivity contribution >= 4 is 17.6 Å². The van der Waals surface area contributed by atoms with Gasteiger partial charge in [0.1, 0.15) is 5.75 Å². The first-order chi connectivity index (χ1) is 13.7. The molecule has 0 saturated carbocycles. The van der Waals surface area contributed by atoms with Gasteiger partial charge in [0, 0.05) is 36.8 Å². The molecule has 1 heterocycles. The highest BCUT2D eigenvalue weighted by molar-refractivity contribution is 5.89. The van der Waals surface area contributed by atoms with Gasteiger partial charge in [-0.3, -0.25) is 4.79 Å². The van der Waals surface area contributed by atoms with E-state index in [1.165, 1.54) is 18.2 Å². The first-order valence-electron chi connectivity index (χ1n) is 9.87. The SMILES string of the molecule is CCC(CC)C(=O)N1CCC(NC(=O)Nc2cccc(OCC(F)(F)F)c2)CC1. The smallest absolute Gasteiger partial charge is 0.422 e. The van der Waals surface area contributed by atoms with Gasteiger partial charge in [-0.05, 0) is 37.8 Å². The van der Waals surface area contributed by atoms with E-state index in [4.69, 9.17) is 0 Å². The van der Waals surface area contributed by atoms with Crippen LogP contribution in [0.15, 0.2) is 24.3 Å². The van der Waals surface area contributed by atoms with E-state index in [9.17, 15) is 22.8 Å². The topological polar surface area (TPSA) is 70.7 Å². The van der Waals surface area contributed by atoms with Crippen molar-refractivity contribution in [3.8, 4) is 5.75 Å². The van der Waals surface area contributed by atoms with Crippen LogP contribution in [-0.2, 0) is 4.79 Å². The lowest BCUT2D eigenvalue weighted by atomic mass is 9.98. The van der Waals surface area contributed by atoms with Crippen molar-refractivity contribution in [3.63, 3.8) is 0 Å². The van der Waals surface area contributed by atoms with Gasteiger partial charge in [-0.15, -0.1) is 0 Å². The van der Waals surface area contributed by atoms with Crippen LogP contribution in [0.2, 0.25) is 0 Å². The van der Waals surface area contributed by atoms with E-state index in [0.717, 1.165) is 12.8 Å². The summed E-state index contributed by atoms with van der Waals surface area (Å²) in [5.74, 6) is 0.247. The standard InChI is InChI=1S/C20H28F3N3O3/c1-3-14(4-2)18(27)26-10-8-15(9-11-26)24-19(28)25-16-6-5-7-17(12-16)29-13-20(21,22)23/h5-7,12,14-15H,3-4,8-11,13H2,1-2H3,(H2,24,25,28). The van der Waals surface area contributed by atoms with Gasteiger partial charge in [0.15, 0.2) is 6.61 Å². The van der Waals surface area contributed by atoms with Gasteiger partial charge in [-0.25, -0.2) is 4.79 Å². The Morgan fingerprint density at radius 2 is 1.86 bits per heavy atom. The highest BCUT2D eigenvalue weighted by Crippen LogP contribution is 2.22. The molecule has 162 valence electrons. The van der Waals surface area contributed by atoms with Crippen LogP contribution in [-0.4, -0.2) is 48.8 Å². The molecule has 3 amide bonds. The zero-order valence-electron chi connectivity index (χ0n) is 16.7. The molecular formula is C20H28F3N3O3. The average Bonchev–Trinajstić information content (AvgIpc) is 2.67. The number of halogens is 3. The largest absolute Gasteiger partial charge is 0.484 e. The Bertz CT molecular complexity index is 685. The van der Waals surface area contributed by atoms with Gasteiger partial charge in [0.25, 0.3) is 0 Å². The van der Waals surface area contributed by atoms with Crippen molar-refractivity contribution in [3.05, 3.63) is 24.3 Å². The van der Waals surface area contributed by atoms with Gasteiger partial charge in [-0.1, -0.05) is 19.9 Å². The van der Waals surface area contributed by atoms with Crippen LogP contribution in [0.1, 0.15) is 39.5 Å². The van der Waals surface area contributed by atoms with Crippen LogP contribution in [0, 0.1) is 5.92 Å². The van der Waals surface area contributed by atoms with Crippen molar-refractivity contribution in [1.82, 2.24) is 10.2 Å². The number of ether oxygens (including phenoxy) is 1. The molecule has 0 atom stereocenters. The normalized spacial score (nSPS) is 15.3. The molecule has 0 bridgehead atoms. The predicted octanol–water partition coefficient (Wildman–Crippen LogP) is 4.18. The van der Waals surface area contributed by atoms with E-state index in [0.29, 0.717) is 31.6 Å². The minimum atomic E-state index is -4.43. The summed E-state index contributed by atoms with van der Waals surface area (Å²) in [6.45, 7) is 3.82. The van der Waals surface area contributed by atoms with E-state index in [1.54, 1.807) is 6.07 Å². The van der Waals surface area contributed by atoms with E-state index in [-0.39, 0.29) is 23.6 Å². The Morgan fingerprint density at radius 1 is 1.21 bits per heavy atom. The Kier molecular flexibility index (Phi) is 8.16. The van der Waals surface area contributed by atoms with Crippen LogP contribution in [0.3, 0.4) is 0 Å². The van der Waals surface area contributed by atoms with Crippen LogP contribution in [0.4, 0.5) is 23.7 Å². The maximum absolute atomic E-state index is 12.4. The van der Waals surface area contributed by atoms with Crippen LogP contribution >= 0.6 is 0 Å². The van der Waals surface area contributed by atoms with E-state index in [2.05, 4.69) is 15.4 Å². The Balaban J connectivity index is 1.80. The van der Waals surface area contributed by atoms with Gasteiger partial charge in [0.05, 0.1) is 0 Å². The average molecular weight is 415 g/mol. The quantitative estimate of drug-likeness (QED) is 0.702. The maximum atomic E-state index is 12.4. The number of anilines is 1. The third-order valence-electron chi connectivity index (χ3n) is 4.97. The van der Waals surface area contributed by atoms with Gasteiger partial charge in [-0.2, -0.15) is 13.2 Å². The minimum absolute atomic E-state index is 0.0216. The summed E-state index contributed by atoms with van der Waals surface area (Å²) in [6.07, 6.45) is -1.46. The maximum Gasteiger partial charge on any atom is 0.422 e. The molecule has 1 aliphatic heterocycles. The second-order valence-corrected chi connectivity index (χ2v) is 7.14. The number of hydrogen-bond donors (Lipinski definition) is 2. The molecule has 0 spiro atoms. The van der Waals surface area contributed by atoms with E-state index >= 15 is 0 Å². The van der Waals surface area contributed by atoms with E-state index in [1.807, 2.05) is 18.7 Å². The van der Waals surface area contributed by atoms with Gasteiger partial charge >= 0.3 is 12.2 Å². The lowest BCUT2D eigenvalue weighted by molar-refractivity contribution is -0.153. The molecule has 1 fully saturated rings. The molecule has 9 heteroatoms. The Morgan fingerprint density at radius 3 is 2.45 bits per heavy atom. The number of piperidine rings is 1. The molecule has 1 aromatic rings. The summed E-state index contributed by atoms with van der Waals surface area (Å²) in [6, 6.07) is 5.29. The van der Waals surface area contributed by atoms with Crippen LogP contribution in [0.25, 0.3) is 0 Å². The number of rotatable bonds is 7. The number of alkyl halides is 3. The van der Waals surface area contributed by atoms with Crippen molar-refractivity contribution in [2.24, 2.45) is 5.92 Å². The molecule has 2 rings (SSSR count).